The van der Waals surface area contributed by atoms with Gasteiger partial charge in [0.1, 0.15) is 0 Å². The lowest BCUT2D eigenvalue weighted by atomic mass is 10.1. The van der Waals surface area contributed by atoms with Crippen LogP contribution in [0.5, 0.6) is 0 Å². The lowest BCUT2D eigenvalue weighted by molar-refractivity contribution is 0.806. The van der Waals surface area contributed by atoms with Crippen LogP contribution in [0.2, 0.25) is 0 Å². The van der Waals surface area contributed by atoms with Gasteiger partial charge in [0.15, 0.2) is 5.82 Å². The summed E-state index contributed by atoms with van der Waals surface area (Å²) >= 11 is 0. The predicted octanol–water partition coefficient (Wildman–Crippen LogP) is 1.03. The topological polar surface area (TPSA) is 92.3 Å². The summed E-state index contributed by atoms with van der Waals surface area (Å²) < 4.78 is 0. The molecule has 0 fully saturated rings. The Morgan fingerprint density at radius 3 is 2.82 bits per heavy atom. The minimum Gasteiger partial charge on any atom is -0.347 e. The van der Waals surface area contributed by atoms with Gasteiger partial charge in [-0.2, -0.15) is 5.21 Å². The quantitative estimate of drug-likeness (QED) is 0.819. The molecule has 2 N–H and O–H groups in total. The monoisotopic (exact) mass is 233 g/mol. The molecule has 2 rings (SSSR count). The van der Waals surface area contributed by atoms with E-state index >= 15 is 0 Å². The largest absolute Gasteiger partial charge is 0.347 e. The normalized spacial score (nSPS) is 10.8. The SMILES string of the molecule is Cc1cc(C(C)C)nc(NCc2nn[nH]n2)n1. The van der Waals surface area contributed by atoms with Gasteiger partial charge in [0.2, 0.25) is 5.95 Å². The van der Waals surface area contributed by atoms with Crippen molar-refractivity contribution in [3.63, 3.8) is 0 Å². The number of aromatic nitrogens is 6. The van der Waals surface area contributed by atoms with Crippen molar-refractivity contribution in [3.05, 3.63) is 23.3 Å². The van der Waals surface area contributed by atoms with Gasteiger partial charge in [-0.15, -0.1) is 10.2 Å². The molecule has 90 valence electrons. The van der Waals surface area contributed by atoms with Crippen LogP contribution in [-0.4, -0.2) is 30.6 Å². The molecule has 7 nitrogen and oxygen atoms in total. The standard InChI is InChI=1S/C10H15N7/c1-6(2)8-4-7(3)12-10(13-8)11-5-9-14-16-17-15-9/h4,6H,5H2,1-3H3,(H,11,12,13)(H,14,15,16,17). The average molecular weight is 233 g/mol. The first-order valence-corrected chi connectivity index (χ1v) is 5.47. The summed E-state index contributed by atoms with van der Waals surface area (Å²) in [5.74, 6) is 1.56. The van der Waals surface area contributed by atoms with Crippen molar-refractivity contribution in [3.8, 4) is 0 Å². The minimum absolute atomic E-state index is 0.377. The zero-order valence-electron chi connectivity index (χ0n) is 10.1. The van der Waals surface area contributed by atoms with Gasteiger partial charge < -0.3 is 5.32 Å². The second-order valence-corrected chi connectivity index (χ2v) is 4.09. The highest BCUT2D eigenvalue weighted by atomic mass is 15.5. The van der Waals surface area contributed by atoms with Crippen molar-refractivity contribution >= 4 is 5.95 Å². The van der Waals surface area contributed by atoms with E-state index in [0.29, 0.717) is 24.2 Å². The molecule has 7 heteroatoms. The smallest absolute Gasteiger partial charge is 0.223 e. The van der Waals surface area contributed by atoms with Crippen LogP contribution in [0.15, 0.2) is 6.07 Å². The van der Waals surface area contributed by atoms with Gasteiger partial charge in [-0.25, -0.2) is 9.97 Å². The zero-order valence-corrected chi connectivity index (χ0v) is 10.1. The van der Waals surface area contributed by atoms with E-state index in [1.807, 2.05) is 13.0 Å². The molecule has 17 heavy (non-hydrogen) atoms. The van der Waals surface area contributed by atoms with Gasteiger partial charge in [0, 0.05) is 11.4 Å². The van der Waals surface area contributed by atoms with Crippen LogP contribution < -0.4 is 5.32 Å². The first kappa shape index (κ1) is 11.4. The minimum atomic E-state index is 0.377. The third kappa shape index (κ3) is 2.96. The number of aryl methyl sites for hydroxylation is 1. The molecule has 2 heterocycles. The zero-order chi connectivity index (χ0) is 12.3. The third-order valence-electron chi connectivity index (χ3n) is 2.26. The van der Waals surface area contributed by atoms with E-state index in [0.717, 1.165) is 11.4 Å². The van der Waals surface area contributed by atoms with E-state index in [9.17, 15) is 0 Å². The lowest BCUT2D eigenvalue weighted by Crippen LogP contribution is -2.08. The molecule has 0 saturated heterocycles. The maximum Gasteiger partial charge on any atom is 0.223 e. The molecule has 0 unspecified atom stereocenters. The van der Waals surface area contributed by atoms with Gasteiger partial charge in [-0.1, -0.05) is 19.1 Å². The summed E-state index contributed by atoms with van der Waals surface area (Å²) in [5.41, 5.74) is 1.97. The number of anilines is 1. The molecule has 0 aromatic carbocycles. The Bertz CT molecular complexity index is 477. The van der Waals surface area contributed by atoms with Gasteiger partial charge in [0.05, 0.1) is 6.54 Å². The Hall–Kier alpha value is -2.05. The number of nitrogens with zero attached hydrogens (tertiary/aromatic N) is 5. The molecular formula is C10H15N7. The number of H-pyrrole nitrogens is 1. The van der Waals surface area contributed by atoms with E-state index in [2.05, 4.69) is 49.8 Å². The second kappa shape index (κ2) is 4.86. The molecule has 0 bridgehead atoms. The number of rotatable bonds is 4. The van der Waals surface area contributed by atoms with Crippen molar-refractivity contribution in [1.82, 2.24) is 30.6 Å². The van der Waals surface area contributed by atoms with E-state index in [-0.39, 0.29) is 0 Å². The summed E-state index contributed by atoms with van der Waals surface area (Å²) in [7, 11) is 0. The van der Waals surface area contributed by atoms with Gasteiger partial charge >= 0.3 is 0 Å². The fourth-order valence-electron chi connectivity index (χ4n) is 1.38. The molecule has 2 aromatic heterocycles. The maximum absolute atomic E-state index is 4.42. The van der Waals surface area contributed by atoms with Gasteiger partial charge in [0.25, 0.3) is 0 Å². The molecule has 0 atom stereocenters. The molecule has 0 aliphatic heterocycles. The van der Waals surface area contributed by atoms with E-state index in [4.69, 9.17) is 0 Å². The Kier molecular flexibility index (Phi) is 3.27. The number of hydrogen-bond acceptors (Lipinski definition) is 6. The van der Waals surface area contributed by atoms with Crippen molar-refractivity contribution in [2.75, 3.05) is 5.32 Å². The molecule has 0 aliphatic rings. The fourth-order valence-corrected chi connectivity index (χ4v) is 1.38. The Balaban J connectivity index is 2.10. The Morgan fingerprint density at radius 2 is 2.18 bits per heavy atom. The summed E-state index contributed by atoms with van der Waals surface area (Å²) in [6, 6.07) is 1.99. The van der Waals surface area contributed by atoms with Crippen molar-refractivity contribution in [2.45, 2.75) is 33.2 Å². The summed E-state index contributed by atoms with van der Waals surface area (Å²) in [4.78, 5) is 8.73. The predicted molar refractivity (Wildman–Crippen MR) is 62.4 cm³/mol. The molecule has 0 saturated carbocycles. The highest BCUT2D eigenvalue weighted by Crippen LogP contribution is 2.14. The van der Waals surface area contributed by atoms with Crippen LogP contribution in [0.25, 0.3) is 0 Å². The lowest BCUT2D eigenvalue weighted by Gasteiger charge is -2.08. The first-order chi connectivity index (χ1) is 8.15. The summed E-state index contributed by atoms with van der Waals surface area (Å²) in [5, 5.41) is 16.6. The molecular weight excluding hydrogens is 218 g/mol. The summed E-state index contributed by atoms with van der Waals surface area (Å²) in [6.45, 7) is 6.61. The van der Waals surface area contributed by atoms with Crippen molar-refractivity contribution in [2.24, 2.45) is 0 Å². The van der Waals surface area contributed by atoms with Crippen LogP contribution in [0.3, 0.4) is 0 Å². The highest BCUT2D eigenvalue weighted by Gasteiger charge is 2.06. The third-order valence-corrected chi connectivity index (χ3v) is 2.26. The van der Waals surface area contributed by atoms with E-state index < -0.39 is 0 Å². The Labute approximate surface area is 99.1 Å². The Morgan fingerprint density at radius 1 is 1.35 bits per heavy atom. The van der Waals surface area contributed by atoms with Crippen LogP contribution in [-0.2, 0) is 6.54 Å². The van der Waals surface area contributed by atoms with E-state index in [1.54, 1.807) is 0 Å². The average Bonchev–Trinajstić information content (AvgIpc) is 2.78. The molecule has 0 aliphatic carbocycles. The van der Waals surface area contributed by atoms with Crippen LogP contribution in [0, 0.1) is 6.92 Å². The summed E-state index contributed by atoms with van der Waals surface area (Å²) in [6.07, 6.45) is 0. The number of tetrazole rings is 1. The van der Waals surface area contributed by atoms with Crippen LogP contribution >= 0.6 is 0 Å². The van der Waals surface area contributed by atoms with Crippen molar-refractivity contribution < 1.29 is 0 Å². The van der Waals surface area contributed by atoms with Crippen LogP contribution in [0.1, 0.15) is 37.0 Å². The molecule has 2 aromatic rings. The molecule has 0 spiro atoms. The molecule has 0 radical (unpaired) electrons. The molecule has 0 amide bonds. The second-order valence-electron chi connectivity index (χ2n) is 4.09. The van der Waals surface area contributed by atoms with Crippen LogP contribution in [0.4, 0.5) is 5.95 Å². The van der Waals surface area contributed by atoms with Crippen molar-refractivity contribution in [1.29, 1.82) is 0 Å². The number of hydrogen-bond donors (Lipinski definition) is 2. The highest BCUT2D eigenvalue weighted by molar-refractivity contribution is 5.29. The van der Waals surface area contributed by atoms with E-state index in [1.165, 1.54) is 0 Å². The first-order valence-electron chi connectivity index (χ1n) is 5.47. The fraction of sp³-hybridized carbons (Fsp3) is 0.500. The number of aromatic amines is 1. The van der Waals surface area contributed by atoms with Gasteiger partial charge in [-0.05, 0) is 18.9 Å². The maximum atomic E-state index is 4.42. The van der Waals surface area contributed by atoms with Gasteiger partial charge in [-0.3, -0.25) is 0 Å². The number of nitrogens with one attached hydrogen (secondary N) is 2.